The fourth-order valence-electron chi connectivity index (χ4n) is 5.53. The summed E-state index contributed by atoms with van der Waals surface area (Å²) >= 11 is 0. The summed E-state index contributed by atoms with van der Waals surface area (Å²) < 4.78 is 5.44. The second-order valence-electron chi connectivity index (χ2n) is 13.4. The largest absolute Gasteiger partial charge is 0.445 e. The van der Waals surface area contributed by atoms with Gasteiger partial charge in [-0.2, -0.15) is 0 Å². The number of rotatable bonds is 20. The number of hydrogen-bond acceptors (Lipinski definition) is 6. The Bertz CT molecular complexity index is 1480. The SMILES string of the molecule is CCCC[C@H](NC(=O)[C@H](Cc1c[nH]c2ccccc12)NC(=O)OCc1ccccc1)C(=O)N[C@@H](CC(C)C)[C@@H](O)CC(=O)NCC(C)CC. The summed E-state index contributed by atoms with van der Waals surface area (Å²) in [7, 11) is 0. The Morgan fingerprint density at radius 1 is 0.878 bits per heavy atom. The van der Waals surface area contributed by atoms with E-state index in [0.717, 1.165) is 34.9 Å². The van der Waals surface area contributed by atoms with Crippen molar-refractivity contribution in [3.05, 3.63) is 71.9 Å². The number of aliphatic hydroxyl groups is 1. The molecule has 0 saturated carbocycles. The first-order valence-electron chi connectivity index (χ1n) is 17.6. The number of aromatic nitrogens is 1. The number of para-hydroxylation sites is 1. The van der Waals surface area contributed by atoms with E-state index >= 15 is 0 Å². The zero-order valence-corrected chi connectivity index (χ0v) is 29.6. The van der Waals surface area contributed by atoms with Gasteiger partial charge < -0.3 is 36.1 Å². The van der Waals surface area contributed by atoms with Crippen molar-refractivity contribution < 1.29 is 29.0 Å². The van der Waals surface area contributed by atoms with Gasteiger partial charge >= 0.3 is 6.09 Å². The van der Waals surface area contributed by atoms with Crippen LogP contribution in [-0.2, 0) is 32.1 Å². The zero-order chi connectivity index (χ0) is 35.8. The Morgan fingerprint density at radius 2 is 1.57 bits per heavy atom. The van der Waals surface area contributed by atoms with Gasteiger partial charge in [0.2, 0.25) is 17.7 Å². The maximum Gasteiger partial charge on any atom is 0.408 e. The summed E-state index contributed by atoms with van der Waals surface area (Å²) in [5.74, 6) is -0.835. The quantitative estimate of drug-likeness (QED) is 0.0973. The molecule has 0 aliphatic heterocycles. The predicted molar refractivity (Wildman–Crippen MR) is 191 cm³/mol. The van der Waals surface area contributed by atoms with Crippen molar-refractivity contribution in [1.82, 2.24) is 26.3 Å². The highest BCUT2D eigenvalue weighted by molar-refractivity contribution is 5.92. The van der Waals surface area contributed by atoms with Crippen LogP contribution >= 0.6 is 0 Å². The lowest BCUT2D eigenvalue weighted by Crippen LogP contribution is -2.57. The molecule has 11 nitrogen and oxygen atoms in total. The Balaban J connectivity index is 1.76. The number of fused-ring (bicyclic) bond motifs is 1. The van der Waals surface area contributed by atoms with Crippen LogP contribution in [0.1, 0.15) is 84.3 Å². The van der Waals surface area contributed by atoms with E-state index < -0.39 is 42.1 Å². The molecule has 5 atom stereocenters. The number of carbonyl (C=O) groups is 4. The van der Waals surface area contributed by atoms with Crippen LogP contribution in [0.25, 0.3) is 10.9 Å². The topological polar surface area (TPSA) is 162 Å². The summed E-state index contributed by atoms with van der Waals surface area (Å²) in [6.45, 7) is 10.6. The molecule has 0 bridgehead atoms. The molecule has 6 N–H and O–H groups in total. The van der Waals surface area contributed by atoms with Gasteiger partial charge in [-0.1, -0.05) is 102 Å². The third kappa shape index (κ3) is 13.2. The number of nitrogens with one attached hydrogen (secondary N) is 5. The van der Waals surface area contributed by atoms with E-state index in [2.05, 4.69) is 26.3 Å². The smallest absolute Gasteiger partial charge is 0.408 e. The van der Waals surface area contributed by atoms with E-state index in [-0.39, 0.29) is 31.3 Å². The zero-order valence-electron chi connectivity index (χ0n) is 29.6. The predicted octanol–water partition coefficient (Wildman–Crippen LogP) is 5.12. The molecule has 1 aromatic heterocycles. The van der Waals surface area contributed by atoms with Crippen LogP contribution in [0.4, 0.5) is 4.79 Å². The first-order chi connectivity index (χ1) is 23.5. The number of alkyl carbamates (subject to hydrolysis) is 1. The van der Waals surface area contributed by atoms with Gasteiger partial charge in [0, 0.05) is 30.1 Å². The van der Waals surface area contributed by atoms with Crippen molar-refractivity contribution in [1.29, 1.82) is 0 Å². The Labute approximate surface area is 290 Å². The second-order valence-corrected chi connectivity index (χ2v) is 13.4. The van der Waals surface area contributed by atoms with Crippen molar-refractivity contribution >= 4 is 34.7 Å². The number of unbranched alkanes of at least 4 members (excludes halogenated alkanes) is 1. The van der Waals surface area contributed by atoms with Crippen LogP contribution in [0.5, 0.6) is 0 Å². The molecule has 0 saturated heterocycles. The number of hydrogen-bond donors (Lipinski definition) is 6. The highest BCUT2D eigenvalue weighted by Gasteiger charge is 2.31. The molecule has 3 aromatic rings. The van der Waals surface area contributed by atoms with Crippen LogP contribution in [0, 0.1) is 11.8 Å². The molecule has 0 spiro atoms. The van der Waals surface area contributed by atoms with Crippen molar-refractivity contribution in [2.24, 2.45) is 11.8 Å². The number of benzene rings is 2. The molecule has 1 heterocycles. The van der Waals surface area contributed by atoms with E-state index in [0.29, 0.717) is 31.7 Å². The molecule has 3 rings (SSSR count). The highest BCUT2D eigenvalue weighted by Crippen LogP contribution is 2.20. The summed E-state index contributed by atoms with van der Waals surface area (Å²) in [6.07, 6.45) is 3.11. The summed E-state index contributed by atoms with van der Waals surface area (Å²) in [6, 6.07) is 14.2. The van der Waals surface area contributed by atoms with E-state index in [1.165, 1.54) is 0 Å². The molecule has 4 amide bonds. The minimum absolute atomic E-state index is 0.0326. The third-order valence-electron chi connectivity index (χ3n) is 8.66. The maximum absolute atomic E-state index is 13.9. The molecule has 49 heavy (non-hydrogen) atoms. The molecule has 0 aliphatic carbocycles. The lowest BCUT2D eigenvalue weighted by molar-refractivity contribution is -0.131. The van der Waals surface area contributed by atoms with Gasteiger partial charge in [-0.15, -0.1) is 0 Å². The van der Waals surface area contributed by atoms with Gasteiger partial charge in [0.1, 0.15) is 18.7 Å². The Hall–Kier alpha value is -4.38. The number of amides is 4. The molecule has 2 aromatic carbocycles. The van der Waals surface area contributed by atoms with Crippen LogP contribution in [-0.4, -0.2) is 64.7 Å². The highest BCUT2D eigenvalue weighted by atomic mass is 16.5. The van der Waals surface area contributed by atoms with Gasteiger partial charge in [-0.3, -0.25) is 14.4 Å². The van der Waals surface area contributed by atoms with Crippen LogP contribution < -0.4 is 21.3 Å². The second kappa shape index (κ2) is 20.2. The first-order valence-corrected chi connectivity index (χ1v) is 17.6. The van der Waals surface area contributed by atoms with E-state index in [1.54, 1.807) is 6.20 Å². The number of ether oxygens (including phenoxy) is 1. The van der Waals surface area contributed by atoms with E-state index in [4.69, 9.17) is 4.74 Å². The fraction of sp³-hybridized carbons (Fsp3) is 0.526. The average Bonchev–Trinajstić information content (AvgIpc) is 3.50. The lowest BCUT2D eigenvalue weighted by Gasteiger charge is -2.29. The van der Waals surface area contributed by atoms with Crippen molar-refractivity contribution in [3.63, 3.8) is 0 Å². The average molecular weight is 678 g/mol. The molecular formula is C38H55N5O6. The third-order valence-corrected chi connectivity index (χ3v) is 8.66. The summed E-state index contributed by atoms with van der Waals surface area (Å²) in [5, 5.41) is 23.4. The fourth-order valence-corrected chi connectivity index (χ4v) is 5.53. The van der Waals surface area contributed by atoms with Gasteiger partial charge in [-0.25, -0.2) is 4.79 Å². The first kappa shape index (κ1) is 39.1. The van der Waals surface area contributed by atoms with Crippen LogP contribution in [0.2, 0.25) is 0 Å². The minimum Gasteiger partial charge on any atom is -0.445 e. The van der Waals surface area contributed by atoms with Gasteiger partial charge in [-0.05, 0) is 41.9 Å². The van der Waals surface area contributed by atoms with Gasteiger partial charge in [0.15, 0.2) is 0 Å². The van der Waals surface area contributed by atoms with Crippen LogP contribution in [0.3, 0.4) is 0 Å². The van der Waals surface area contributed by atoms with E-state index in [9.17, 15) is 24.3 Å². The molecule has 0 aliphatic rings. The summed E-state index contributed by atoms with van der Waals surface area (Å²) in [5.41, 5.74) is 2.52. The molecule has 268 valence electrons. The van der Waals surface area contributed by atoms with Crippen molar-refractivity contribution in [2.75, 3.05) is 6.54 Å². The minimum atomic E-state index is -1.11. The standard InChI is InChI=1S/C38H55N5O6/c1-6-8-17-31(36(46)42-32(19-25(3)4)34(44)21-35(45)40-22-26(5)7-2)41-37(47)33(20-28-23-39-30-18-13-12-16-29(28)30)43-38(48)49-24-27-14-10-9-11-15-27/h9-16,18,23,25-26,31-34,39,44H,6-8,17,19-22,24H2,1-5H3,(H,40,45)(H,41,47)(H,42,46)(H,43,48)/t26?,31-,32-,33-,34-/m0/s1. The van der Waals surface area contributed by atoms with E-state index in [1.807, 2.05) is 89.2 Å². The Morgan fingerprint density at radius 3 is 2.27 bits per heavy atom. The summed E-state index contributed by atoms with van der Waals surface area (Å²) in [4.78, 5) is 56.4. The molecule has 0 radical (unpaired) electrons. The number of aliphatic hydroxyl groups excluding tert-OH is 1. The maximum atomic E-state index is 13.9. The van der Waals surface area contributed by atoms with Crippen LogP contribution in [0.15, 0.2) is 60.8 Å². The lowest BCUT2D eigenvalue weighted by atomic mass is 9.96. The molecular weight excluding hydrogens is 622 g/mol. The number of carbonyl (C=O) groups excluding carboxylic acids is 4. The monoisotopic (exact) mass is 677 g/mol. The van der Waals surface area contributed by atoms with Crippen molar-refractivity contribution in [3.8, 4) is 0 Å². The number of aromatic amines is 1. The molecule has 1 unspecified atom stereocenters. The molecule has 0 fully saturated rings. The number of H-pyrrole nitrogens is 1. The normalized spacial score (nSPS) is 14.3. The van der Waals surface area contributed by atoms with Gasteiger partial charge in [0.25, 0.3) is 0 Å². The van der Waals surface area contributed by atoms with Crippen molar-refractivity contribution in [2.45, 2.75) is 110 Å². The Kier molecular flexibility index (Phi) is 16.1. The molecule has 11 heteroatoms. The van der Waals surface area contributed by atoms with Gasteiger partial charge in [0.05, 0.1) is 18.6 Å².